The van der Waals surface area contributed by atoms with Crippen molar-refractivity contribution < 1.29 is 9.59 Å². The van der Waals surface area contributed by atoms with Gasteiger partial charge in [-0.15, -0.1) is 0 Å². The zero-order valence-corrected chi connectivity index (χ0v) is 9.38. The molecule has 0 radical (unpaired) electrons. The molecule has 2 heteroatoms. The van der Waals surface area contributed by atoms with Gasteiger partial charge in [0.2, 0.25) is 0 Å². The van der Waals surface area contributed by atoms with E-state index in [4.69, 9.17) is 0 Å². The summed E-state index contributed by atoms with van der Waals surface area (Å²) in [4.78, 5) is 22.0. The smallest absolute Gasteiger partial charge is 0.136 e. The van der Waals surface area contributed by atoms with Crippen LogP contribution >= 0.6 is 0 Å². The molecule has 14 heavy (non-hydrogen) atoms. The number of hydrogen-bond donors (Lipinski definition) is 0. The molecule has 0 saturated heterocycles. The number of ketones is 1. The first kappa shape index (κ1) is 11.4. The Morgan fingerprint density at radius 3 is 2.43 bits per heavy atom. The number of carbonyl (C=O) groups is 2. The highest BCUT2D eigenvalue weighted by atomic mass is 16.1. The van der Waals surface area contributed by atoms with E-state index in [9.17, 15) is 9.59 Å². The molecule has 0 aliphatic heterocycles. The van der Waals surface area contributed by atoms with Gasteiger partial charge in [-0.2, -0.15) is 0 Å². The van der Waals surface area contributed by atoms with Crippen LogP contribution in [-0.2, 0) is 9.59 Å². The van der Waals surface area contributed by atoms with E-state index in [0.717, 1.165) is 19.1 Å². The number of Topliss-reactive ketones (excluding diaryl/α,β-unsaturated/α-hetero) is 1. The topological polar surface area (TPSA) is 34.1 Å². The average Bonchev–Trinajstić information content (AvgIpc) is 2.07. The summed E-state index contributed by atoms with van der Waals surface area (Å²) in [7, 11) is 0. The highest BCUT2D eigenvalue weighted by molar-refractivity contribution is 5.83. The van der Waals surface area contributed by atoms with Gasteiger partial charge in [-0.05, 0) is 24.2 Å². The molecule has 0 aromatic carbocycles. The van der Waals surface area contributed by atoms with E-state index in [1.165, 1.54) is 0 Å². The summed E-state index contributed by atoms with van der Waals surface area (Å²) in [6, 6.07) is 0. The Hall–Kier alpha value is -0.660. The van der Waals surface area contributed by atoms with Crippen LogP contribution in [0.25, 0.3) is 0 Å². The Labute approximate surface area is 86.1 Å². The fourth-order valence-corrected chi connectivity index (χ4v) is 2.18. The first-order valence-electron chi connectivity index (χ1n) is 5.41. The molecule has 1 rings (SSSR count). The SMILES string of the molecule is CC(C)(C)[C@H]1CC[C@@H](CC=O)C(=O)C1. The second-order valence-electron chi connectivity index (χ2n) is 5.41. The summed E-state index contributed by atoms with van der Waals surface area (Å²) in [5.74, 6) is 0.812. The van der Waals surface area contributed by atoms with Gasteiger partial charge in [0.05, 0.1) is 0 Å². The van der Waals surface area contributed by atoms with Crippen molar-refractivity contribution in [3.05, 3.63) is 0 Å². The molecule has 1 saturated carbocycles. The van der Waals surface area contributed by atoms with Gasteiger partial charge in [0, 0.05) is 18.8 Å². The molecular weight excluding hydrogens is 176 g/mol. The second-order valence-corrected chi connectivity index (χ2v) is 5.41. The van der Waals surface area contributed by atoms with Crippen LogP contribution in [0.3, 0.4) is 0 Å². The van der Waals surface area contributed by atoms with Crippen LogP contribution < -0.4 is 0 Å². The Bertz CT molecular complexity index is 225. The van der Waals surface area contributed by atoms with Crippen LogP contribution in [0.2, 0.25) is 0 Å². The van der Waals surface area contributed by atoms with Crippen LogP contribution in [0, 0.1) is 17.3 Å². The average molecular weight is 196 g/mol. The maximum absolute atomic E-state index is 11.7. The van der Waals surface area contributed by atoms with Crippen molar-refractivity contribution in [2.75, 3.05) is 0 Å². The van der Waals surface area contributed by atoms with Gasteiger partial charge in [-0.1, -0.05) is 20.8 Å². The lowest BCUT2D eigenvalue weighted by Crippen LogP contribution is -2.32. The highest BCUT2D eigenvalue weighted by Crippen LogP contribution is 2.38. The van der Waals surface area contributed by atoms with Gasteiger partial charge < -0.3 is 4.79 Å². The number of aldehydes is 1. The Morgan fingerprint density at radius 2 is 2.00 bits per heavy atom. The third-order valence-electron chi connectivity index (χ3n) is 3.37. The maximum atomic E-state index is 11.7. The molecule has 2 nitrogen and oxygen atoms in total. The molecule has 2 atom stereocenters. The van der Waals surface area contributed by atoms with Crippen molar-refractivity contribution in [3.63, 3.8) is 0 Å². The molecule has 0 aromatic rings. The van der Waals surface area contributed by atoms with Gasteiger partial charge in [0.25, 0.3) is 0 Å². The van der Waals surface area contributed by atoms with E-state index in [0.29, 0.717) is 24.5 Å². The normalized spacial score (nSPS) is 28.9. The van der Waals surface area contributed by atoms with Crippen molar-refractivity contribution in [2.45, 2.75) is 46.5 Å². The molecule has 1 aliphatic rings. The molecule has 0 N–H and O–H groups in total. The first-order valence-corrected chi connectivity index (χ1v) is 5.41. The molecule has 0 heterocycles. The van der Waals surface area contributed by atoms with Crippen LogP contribution in [0.4, 0.5) is 0 Å². The minimum atomic E-state index is 0.0195. The fourth-order valence-electron chi connectivity index (χ4n) is 2.18. The highest BCUT2D eigenvalue weighted by Gasteiger charge is 2.34. The maximum Gasteiger partial charge on any atom is 0.136 e. The van der Waals surface area contributed by atoms with Gasteiger partial charge in [0.15, 0.2) is 0 Å². The van der Waals surface area contributed by atoms with Crippen LogP contribution in [0.15, 0.2) is 0 Å². The van der Waals surface area contributed by atoms with Gasteiger partial charge in [-0.3, -0.25) is 4.79 Å². The lowest BCUT2D eigenvalue weighted by atomic mass is 9.69. The third-order valence-corrected chi connectivity index (χ3v) is 3.37. The first-order chi connectivity index (χ1) is 6.45. The van der Waals surface area contributed by atoms with E-state index in [2.05, 4.69) is 20.8 Å². The molecule has 0 amide bonds. The molecule has 80 valence electrons. The molecule has 1 fully saturated rings. The summed E-state index contributed by atoms with van der Waals surface area (Å²) in [5.41, 5.74) is 0.224. The molecular formula is C12H20O2. The Kier molecular flexibility index (Phi) is 3.46. The van der Waals surface area contributed by atoms with Crippen molar-refractivity contribution in [2.24, 2.45) is 17.3 Å². The summed E-state index contributed by atoms with van der Waals surface area (Å²) < 4.78 is 0. The lowest BCUT2D eigenvalue weighted by molar-refractivity contribution is -0.129. The lowest BCUT2D eigenvalue weighted by Gasteiger charge is -2.35. The number of hydrogen-bond acceptors (Lipinski definition) is 2. The molecule has 0 unspecified atom stereocenters. The van der Waals surface area contributed by atoms with Crippen LogP contribution in [0.5, 0.6) is 0 Å². The summed E-state index contributed by atoms with van der Waals surface area (Å²) in [5, 5.41) is 0. The summed E-state index contributed by atoms with van der Waals surface area (Å²) in [6.07, 6.45) is 3.96. The summed E-state index contributed by atoms with van der Waals surface area (Å²) >= 11 is 0. The van der Waals surface area contributed by atoms with E-state index < -0.39 is 0 Å². The van der Waals surface area contributed by atoms with Crippen LogP contribution in [0.1, 0.15) is 46.5 Å². The van der Waals surface area contributed by atoms with Crippen LogP contribution in [-0.4, -0.2) is 12.1 Å². The Balaban J connectivity index is 2.55. The zero-order valence-electron chi connectivity index (χ0n) is 9.38. The van der Waals surface area contributed by atoms with Gasteiger partial charge in [0.1, 0.15) is 12.1 Å². The zero-order chi connectivity index (χ0) is 10.8. The van der Waals surface area contributed by atoms with Crippen molar-refractivity contribution in [1.82, 2.24) is 0 Å². The minimum absolute atomic E-state index is 0.0195. The largest absolute Gasteiger partial charge is 0.303 e. The van der Waals surface area contributed by atoms with Gasteiger partial charge in [-0.25, -0.2) is 0 Å². The predicted octanol–water partition coefficient (Wildman–Crippen LogP) is 2.61. The van der Waals surface area contributed by atoms with Gasteiger partial charge >= 0.3 is 0 Å². The van der Waals surface area contributed by atoms with E-state index in [-0.39, 0.29) is 11.3 Å². The van der Waals surface area contributed by atoms with Crippen molar-refractivity contribution in [3.8, 4) is 0 Å². The number of carbonyl (C=O) groups excluding carboxylic acids is 2. The fraction of sp³-hybridized carbons (Fsp3) is 0.833. The van der Waals surface area contributed by atoms with E-state index in [1.54, 1.807) is 0 Å². The van der Waals surface area contributed by atoms with Crippen molar-refractivity contribution in [1.29, 1.82) is 0 Å². The quantitative estimate of drug-likeness (QED) is 0.636. The minimum Gasteiger partial charge on any atom is -0.303 e. The third kappa shape index (κ3) is 2.66. The number of rotatable bonds is 2. The van der Waals surface area contributed by atoms with E-state index >= 15 is 0 Å². The molecule has 0 aromatic heterocycles. The molecule has 1 aliphatic carbocycles. The Morgan fingerprint density at radius 1 is 1.36 bits per heavy atom. The molecule has 0 bridgehead atoms. The monoisotopic (exact) mass is 196 g/mol. The predicted molar refractivity (Wildman–Crippen MR) is 56.0 cm³/mol. The van der Waals surface area contributed by atoms with E-state index in [1.807, 2.05) is 0 Å². The van der Waals surface area contributed by atoms with Crippen molar-refractivity contribution >= 4 is 12.1 Å². The summed E-state index contributed by atoms with van der Waals surface area (Å²) in [6.45, 7) is 6.56. The molecule has 0 spiro atoms. The standard InChI is InChI=1S/C12H20O2/c1-12(2,3)10-5-4-9(6-7-13)11(14)8-10/h7,9-10H,4-6,8H2,1-3H3/t9-,10-/m0/s1. The second kappa shape index (κ2) is 4.24.